The smallest absolute Gasteiger partial charge is 0.408 e. The minimum atomic E-state index is -0.582. The Morgan fingerprint density at radius 2 is 1.79 bits per heavy atom. The molecule has 1 unspecified atom stereocenters. The average Bonchev–Trinajstić information content (AvgIpc) is 2.25. The van der Waals surface area contributed by atoms with Gasteiger partial charge in [0.25, 0.3) is 0 Å². The van der Waals surface area contributed by atoms with E-state index in [1.165, 1.54) is 12.8 Å². The van der Waals surface area contributed by atoms with Gasteiger partial charge in [0.15, 0.2) is 0 Å². The number of alkyl carbamates (subject to hydrolysis) is 1. The first-order chi connectivity index (χ1) is 8.76. The summed E-state index contributed by atoms with van der Waals surface area (Å²) in [6.45, 7) is 9.79. The van der Waals surface area contributed by atoms with Gasteiger partial charge in [-0.3, -0.25) is 4.79 Å². The van der Waals surface area contributed by atoms with Crippen molar-refractivity contribution in [2.75, 3.05) is 6.54 Å². The standard InChI is InChI=1S/C14H28N2O3/c1-6-7-8-9-10-15-12(17)11(2)16-13(18)19-14(3,4)5/h11H,6-10H2,1-5H3,(H,15,17)(H,16,18). The number of hydrogen-bond acceptors (Lipinski definition) is 3. The maximum absolute atomic E-state index is 11.7. The van der Waals surface area contributed by atoms with Crippen LogP contribution in [0.1, 0.15) is 60.3 Å². The molecule has 0 bridgehead atoms. The number of unbranched alkanes of at least 4 members (excludes halogenated alkanes) is 3. The Labute approximate surface area is 116 Å². The number of carbonyl (C=O) groups excluding carboxylic acids is 2. The van der Waals surface area contributed by atoms with Gasteiger partial charge in [0.1, 0.15) is 11.6 Å². The number of ether oxygens (including phenoxy) is 1. The topological polar surface area (TPSA) is 67.4 Å². The van der Waals surface area contributed by atoms with E-state index >= 15 is 0 Å². The van der Waals surface area contributed by atoms with Crippen LogP contribution in [0.4, 0.5) is 4.79 Å². The van der Waals surface area contributed by atoms with Crippen molar-refractivity contribution in [3.63, 3.8) is 0 Å². The van der Waals surface area contributed by atoms with Crippen molar-refractivity contribution in [3.05, 3.63) is 0 Å². The Morgan fingerprint density at radius 3 is 2.32 bits per heavy atom. The van der Waals surface area contributed by atoms with E-state index in [9.17, 15) is 9.59 Å². The van der Waals surface area contributed by atoms with Gasteiger partial charge in [0.05, 0.1) is 0 Å². The number of carbonyl (C=O) groups is 2. The highest BCUT2D eigenvalue weighted by atomic mass is 16.6. The minimum Gasteiger partial charge on any atom is -0.444 e. The summed E-state index contributed by atoms with van der Waals surface area (Å²) in [5, 5.41) is 5.32. The highest BCUT2D eigenvalue weighted by molar-refractivity contribution is 5.85. The molecule has 0 aromatic carbocycles. The summed E-state index contributed by atoms with van der Waals surface area (Å²) in [6, 6.07) is -0.582. The zero-order chi connectivity index (χ0) is 14.9. The first-order valence-corrected chi connectivity index (χ1v) is 7.03. The van der Waals surface area contributed by atoms with E-state index in [4.69, 9.17) is 4.74 Å². The number of amides is 2. The average molecular weight is 272 g/mol. The molecule has 5 nitrogen and oxygen atoms in total. The third-order valence-corrected chi connectivity index (χ3v) is 2.46. The lowest BCUT2D eigenvalue weighted by molar-refractivity contribution is -0.122. The fourth-order valence-electron chi connectivity index (χ4n) is 1.47. The second kappa shape index (κ2) is 8.77. The van der Waals surface area contributed by atoms with Crippen LogP contribution in [0.2, 0.25) is 0 Å². The zero-order valence-electron chi connectivity index (χ0n) is 12.8. The van der Waals surface area contributed by atoms with Gasteiger partial charge in [-0.05, 0) is 34.1 Å². The van der Waals surface area contributed by atoms with E-state index in [0.29, 0.717) is 6.54 Å². The molecule has 0 aliphatic heterocycles. The molecular formula is C14H28N2O3. The van der Waals surface area contributed by atoms with Gasteiger partial charge in [0.2, 0.25) is 5.91 Å². The zero-order valence-corrected chi connectivity index (χ0v) is 12.8. The Kier molecular flexibility index (Phi) is 8.19. The van der Waals surface area contributed by atoms with Crippen LogP contribution in [0.15, 0.2) is 0 Å². The summed E-state index contributed by atoms with van der Waals surface area (Å²) < 4.78 is 5.09. The number of nitrogens with one attached hydrogen (secondary N) is 2. The molecule has 0 heterocycles. The van der Waals surface area contributed by atoms with Crippen LogP contribution in [0, 0.1) is 0 Å². The van der Waals surface area contributed by atoms with E-state index < -0.39 is 17.7 Å². The molecule has 112 valence electrons. The molecule has 5 heteroatoms. The molecule has 0 saturated carbocycles. The monoisotopic (exact) mass is 272 g/mol. The van der Waals surface area contributed by atoms with E-state index in [1.54, 1.807) is 27.7 Å². The molecule has 1 atom stereocenters. The van der Waals surface area contributed by atoms with Gasteiger partial charge < -0.3 is 15.4 Å². The third kappa shape index (κ3) is 10.4. The van der Waals surface area contributed by atoms with Crippen LogP contribution in [0.5, 0.6) is 0 Å². The lowest BCUT2D eigenvalue weighted by atomic mass is 10.2. The van der Waals surface area contributed by atoms with Crippen LogP contribution in [0.25, 0.3) is 0 Å². The fraction of sp³-hybridized carbons (Fsp3) is 0.857. The van der Waals surface area contributed by atoms with Crippen molar-refractivity contribution in [2.45, 2.75) is 71.9 Å². The summed E-state index contributed by atoms with van der Waals surface area (Å²) >= 11 is 0. The van der Waals surface area contributed by atoms with Crippen LogP contribution in [0.3, 0.4) is 0 Å². The van der Waals surface area contributed by atoms with Crippen LogP contribution < -0.4 is 10.6 Å². The Balaban J connectivity index is 3.84. The molecule has 0 aliphatic carbocycles. The lowest BCUT2D eigenvalue weighted by Crippen LogP contribution is -2.46. The maximum Gasteiger partial charge on any atom is 0.408 e. The Hall–Kier alpha value is -1.26. The second-order valence-corrected chi connectivity index (χ2v) is 5.72. The molecule has 2 amide bonds. The highest BCUT2D eigenvalue weighted by Gasteiger charge is 2.20. The summed E-state index contributed by atoms with van der Waals surface area (Å²) in [6.07, 6.45) is 3.87. The SMILES string of the molecule is CCCCCCNC(=O)C(C)NC(=O)OC(C)(C)C. The Morgan fingerprint density at radius 1 is 1.16 bits per heavy atom. The first kappa shape index (κ1) is 17.7. The molecular weight excluding hydrogens is 244 g/mol. The van der Waals surface area contributed by atoms with Crippen molar-refractivity contribution in [2.24, 2.45) is 0 Å². The molecule has 0 rings (SSSR count). The van der Waals surface area contributed by atoms with Crippen molar-refractivity contribution in [1.82, 2.24) is 10.6 Å². The highest BCUT2D eigenvalue weighted by Crippen LogP contribution is 2.06. The third-order valence-electron chi connectivity index (χ3n) is 2.46. The summed E-state index contributed by atoms with van der Waals surface area (Å²) in [5.74, 6) is -0.178. The Bertz CT molecular complexity index is 285. The van der Waals surface area contributed by atoms with Crippen LogP contribution in [-0.2, 0) is 9.53 Å². The molecule has 0 radical (unpaired) electrons. The van der Waals surface area contributed by atoms with Gasteiger partial charge in [-0.25, -0.2) is 4.79 Å². The molecule has 0 aliphatic rings. The van der Waals surface area contributed by atoms with Crippen molar-refractivity contribution >= 4 is 12.0 Å². The van der Waals surface area contributed by atoms with Gasteiger partial charge in [-0.1, -0.05) is 26.2 Å². The van der Waals surface area contributed by atoms with Gasteiger partial charge >= 0.3 is 6.09 Å². The normalized spacial score (nSPS) is 12.7. The predicted octanol–water partition coefficient (Wildman–Crippen LogP) is 2.60. The maximum atomic E-state index is 11.7. The molecule has 0 aromatic heterocycles. The second-order valence-electron chi connectivity index (χ2n) is 5.72. The molecule has 0 saturated heterocycles. The lowest BCUT2D eigenvalue weighted by Gasteiger charge is -2.21. The number of hydrogen-bond donors (Lipinski definition) is 2. The van der Waals surface area contributed by atoms with Crippen molar-refractivity contribution in [1.29, 1.82) is 0 Å². The first-order valence-electron chi connectivity index (χ1n) is 7.03. The van der Waals surface area contributed by atoms with Crippen molar-refractivity contribution < 1.29 is 14.3 Å². The molecule has 0 aromatic rings. The summed E-state index contributed by atoms with van der Waals surface area (Å²) in [7, 11) is 0. The predicted molar refractivity (Wildman–Crippen MR) is 76.0 cm³/mol. The van der Waals surface area contributed by atoms with Gasteiger partial charge in [-0.15, -0.1) is 0 Å². The van der Waals surface area contributed by atoms with E-state index in [1.807, 2.05) is 0 Å². The molecule has 2 N–H and O–H groups in total. The van der Waals surface area contributed by atoms with Gasteiger partial charge in [-0.2, -0.15) is 0 Å². The summed E-state index contributed by atoms with van der Waals surface area (Å²) in [4.78, 5) is 23.2. The quantitative estimate of drug-likeness (QED) is 0.700. The van der Waals surface area contributed by atoms with E-state index in [0.717, 1.165) is 12.8 Å². The van der Waals surface area contributed by atoms with Gasteiger partial charge in [0, 0.05) is 6.54 Å². The number of rotatable bonds is 7. The molecule has 0 fully saturated rings. The van der Waals surface area contributed by atoms with Crippen LogP contribution >= 0.6 is 0 Å². The minimum absolute atomic E-state index is 0.178. The fourth-order valence-corrected chi connectivity index (χ4v) is 1.47. The van der Waals surface area contributed by atoms with E-state index in [2.05, 4.69) is 17.6 Å². The molecule has 0 spiro atoms. The molecule has 19 heavy (non-hydrogen) atoms. The largest absolute Gasteiger partial charge is 0.444 e. The van der Waals surface area contributed by atoms with E-state index in [-0.39, 0.29) is 5.91 Å². The summed E-state index contributed by atoms with van der Waals surface area (Å²) in [5.41, 5.74) is -0.555. The van der Waals surface area contributed by atoms with Crippen molar-refractivity contribution in [3.8, 4) is 0 Å². The van der Waals surface area contributed by atoms with Crippen LogP contribution in [-0.4, -0.2) is 30.2 Å².